The Morgan fingerprint density at radius 1 is 1.14 bits per heavy atom. The first kappa shape index (κ1) is 20.4. The number of aryl methyl sites for hydroxylation is 1. The number of hydrogen-bond acceptors (Lipinski definition) is 8. The molecule has 0 unspecified atom stereocenters. The zero-order chi connectivity index (χ0) is 20.8. The molecular formula is C18H15N5O4S2. The van der Waals surface area contributed by atoms with Crippen LogP contribution in [-0.2, 0) is 4.79 Å². The molecule has 3 rings (SSSR count). The van der Waals surface area contributed by atoms with Gasteiger partial charge >= 0.3 is 0 Å². The van der Waals surface area contributed by atoms with E-state index in [-0.39, 0.29) is 22.9 Å². The maximum absolute atomic E-state index is 12.4. The lowest BCUT2D eigenvalue weighted by Crippen LogP contribution is -2.14. The number of rotatable bonds is 7. The Hall–Kier alpha value is -3.31. The second kappa shape index (κ2) is 9.26. The third kappa shape index (κ3) is 5.83. The van der Waals surface area contributed by atoms with Gasteiger partial charge in [0, 0.05) is 28.3 Å². The summed E-state index contributed by atoms with van der Waals surface area (Å²) in [5, 5.41) is 25.1. The molecule has 0 saturated heterocycles. The number of amides is 2. The van der Waals surface area contributed by atoms with Gasteiger partial charge in [-0.2, -0.15) is 0 Å². The van der Waals surface area contributed by atoms with Gasteiger partial charge in [-0.1, -0.05) is 23.5 Å². The summed E-state index contributed by atoms with van der Waals surface area (Å²) >= 11 is 2.60. The third-order valence-electron chi connectivity index (χ3n) is 3.55. The Labute approximate surface area is 173 Å². The Balaban J connectivity index is 1.59. The largest absolute Gasteiger partial charge is 0.322 e. The number of aromatic nitrogens is 2. The van der Waals surface area contributed by atoms with Gasteiger partial charge in [0.2, 0.25) is 11.0 Å². The number of nitro benzene ring substituents is 1. The molecule has 0 spiro atoms. The highest BCUT2D eigenvalue weighted by Crippen LogP contribution is 2.23. The first-order chi connectivity index (χ1) is 13.9. The summed E-state index contributed by atoms with van der Waals surface area (Å²) in [5.74, 6) is -0.501. The van der Waals surface area contributed by atoms with E-state index < -0.39 is 10.8 Å². The molecular weight excluding hydrogens is 414 g/mol. The highest BCUT2D eigenvalue weighted by molar-refractivity contribution is 8.00. The quantitative estimate of drug-likeness (QED) is 0.333. The smallest absolute Gasteiger partial charge is 0.270 e. The lowest BCUT2D eigenvalue weighted by molar-refractivity contribution is -0.384. The zero-order valence-electron chi connectivity index (χ0n) is 15.1. The molecule has 2 N–H and O–H groups in total. The van der Waals surface area contributed by atoms with Crippen LogP contribution in [0.4, 0.5) is 16.5 Å². The Morgan fingerprint density at radius 3 is 2.66 bits per heavy atom. The molecule has 29 heavy (non-hydrogen) atoms. The highest BCUT2D eigenvalue weighted by Gasteiger charge is 2.12. The Bertz CT molecular complexity index is 1070. The van der Waals surface area contributed by atoms with Crippen molar-refractivity contribution in [2.24, 2.45) is 0 Å². The van der Waals surface area contributed by atoms with Crippen molar-refractivity contribution in [1.82, 2.24) is 10.2 Å². The van der Waals surface area contributed by atoms with Gasteiger partial charge in [0.1, 0.15) is 5.01 Å². The van der Waals surface area contributed by atoms with Crippen molar-refractivity contribution in [2.75, 3.05) is 16.4 Å². The minimum atomic E-state index is -0.553. The molecule has 0 radical (unpaired) electrons. The van der Waals surface area contributed by atoms with Crippen LogP contribution >= 0.6 is 23.1 Å². The van der Waals surface area contributed by atoms with Crippen LogP contribution in [0.25, 0.3) is 0 Å². The summed E-state index contributed by atoms with van der Waals surface area (Å²) in [6, 6.07) is 12.5. The van der Waals surface area contributed by atoms with Crippen molar-refractivity contribution in [2.45, 2.75) is 11.8 Å². The normalized spacial score (nSPS) is 10.4. The average molecular weight is 429 g/mol. The summed E-state index contributed by atoms with van der Waals surface area (Å²) in [6.07, 6.45) is 0. The number of carbonyl (C=O) groups is 2. The van der Waals surface area contributed by atoms with Crippen molar-refractivity contribution >= 4 is 51.4 Å². The number of nitrogens with zero attached hydrogens (tertiary/aromatic N) is 3. The number of nitrogens with one attached hydrogen (secondary N) is 2. The van der Waals surface area contributed by atoms with Gasteiger partial charge in [-0.05, 0) is 31.2 Å². The molecule has 0 bridgehead atoms. The van der Waals surface area contributed by atoms with Crippen LogP contribution in [0.5, 0.6) is 0 Å². The first-order valence-corrected chi connectivity index (χ1v) is 10.1. The van der Waals surface area contributed by atoms with E-state index in [0.29, 0.717) is 10.8 Å². The minimum absolute atomic E-state index is 0.154. The van der Waals surface area contributed by atoms with Crippen molar-refractivity contribution in [3.8, 4) is 0 Å². The molecule has 1 heterocycles. The second-order valence-electron chi connectivity index (χ2n) is 5.75. The van der Waals surface area contributed by atoms with Crippen LogP contribution in [0, 0.1) is 17.0 Å². The van der Waals surface area contributed by atoms with Crippen LogP contribution in [0.2, 0.25) is 0 Å². The molecule has 0 atom stereocenters. The topological polar surface area (TPSA) is 127 Å². The van der Waals surface area contributed by atoms with Gasteiger partial charge < -0.3 is 5.32 Å². The summed E-state index contributed by atoms with van der Waals surface area (Å²) < 4.78 is 0. The second-order valence-corrected chi connectivity index (χ2v) is 7.98. The SMILES string of the molecule is Cc1nnc(NC(=O)CSc2cccc(NC(=O)c3cccc([N+](=O)[O-])c3)c2)s1. The standard InChI is InChI=1S/C18H15N5O4S2/c1-11-21-22-18(29-11)20-16(24)10-28-15-7-3-5-13(9-15)19-17(25)12-4-2-6-14(8-12)23(26)27/h2-9H,10H2,1H3,(H,19,25)(H,20,22,24). The Morgan fingerprint density at radius 2 is 1.93 bits per heavy atom. The predicted octanol–water partition coefficient (Wildman–Crippen LogP) is 3.74. The molecule has 0 aliphatic carbocycles. The maximum Gasteiger partial charge on any atom is 0.270 e. The van der Waals surface area contributed by atoms with E-state index in [2.05, 4.69) is 20.8 Å². The number of thioether (sulfide) groups is 1. The zero-order valence-corrected chi connectivity index (χ0v) is 16.8. The van der Waals surface area contributed by atoms with E-state index in [4.69, 9.17) is 0 Å². The molecule has 1 aromatic heterocycles. The molecule has 0 aliphatic rings. The maximum atomic E-state index is 12.4. The predicted molar refractivity (Wildman–Crippen MR) is 111 cm³/mol. The van der Waals surface area contributed by atoms with Gasteiger partial charge in [-0.25, -0.2) is 0 Å². The van der Waals surface area contributed by atoms with E-state index in [1.807, 2.05) is 6.07 Å². The van der Waals surface area contributed by atoms with E-state index in [1.54, 1.807) is 25.1 Å². The van der Waals surface area contributed by atoms with Crippen molar-refractivity contribution in [3.05, 3.63) is 69.2 Å². The van der Waals surface area contributed by atoms with Gasteiger partial charge in [0.15, 0.2) is 0 Å². The molecule has 11 heteroatoms. The third-order valence-corrected chi connectivity index (χ3v) is 5.30. The fraction of sp³-hybridized carbons (Fsp3) is 0.111. The lowest BCUT2D eigenvalue weighted by Gasteiger charge is -2.07. The van der Waals surface area contributed by atoms with Crippen molar-refractivity contribution in [3.63, 3.8) is 0 Å². The fourth-order valence-electron chi connectivity index (χ4n) is 2.28. The first-order valence-electron chi connectivity index (χ1n) is 8.29. The number of nitro groups is 1. The number of non-ortho nitro benzene ring substituents is 1. The molecule has 2 aromatic carbocycles. The molecule has 0 saturated carbocycles. The van der Waals surface area contributed by atoms with E-state index >= 15 is 0 Å². The van der Waals surface area contributed by atoms with Gasteiger partial charge in [0.25, 0.3) is 11.6 Å². The number of carbonyl (C=O) groups excluding carboxylic acids is 2. The molecule has 9 nitrogen and oxygen atoms in total. The number of hydrogen-bond donors (Lipinski definition) is 2. The van der Waals surface area contributed by atoms with Crippen molar-refractivity contribution in [1.29, 1.82) is 0 Å². The summed E-state index contributed by atoms with van der Waals surface area (Å²) in [5.41, 5.74) is 0.550. The highest BCUT2D eigenvalue weighted by atomic mass is 32.2. The van der Waals surface area contributed by atoms with Gasteiger partial charge in [-0.15, -0.1) is 22.0 Å². The van der Waals surface area contributed by atoms with E-state index in [9.17, 15) is 19.7 Å². The van der Waals surface area contributed by atoms with Gasteiger partial charge in [-0.3, -0.25) is 25.0 Å². The molecule has 148 valence electrons. The molecule has 0 fully saturated rings. The lowest BCUT2D eigenvalue weighted by atomic mass is 10.2. The van der Waals surface area contributed by atoms with E-state index in [0.717, 1.165) is 9.90 Å². The van der Waals surface area contributed by atoms with Crippen LogP contribution in [0.1, 0.15) is 15.4 Å². The summed E-state index contributed by atoms with van der Waals surface area (Å²) in [4.78, 5) is 35.5. The van der Waals surface area contributed by atoms with Gasteiger partial charge in [0.05, 0.1) is 10.7 Å². The monoisotopic (exact) mass is 429 g/mol. The summed E-state index contributed by atoms with van der Waals surface area (Å²) in [6.45, 7) is 1.80. The number of anilines is 2. The Kier molecular flexibility index (Phi) is 6.52. The number of benzene rings is 2. The summed E-state index contributed by atoms with van der Waals surface area (Å²) in [7, 11) is 0. The van der Waals surface area contributed by atoms with Crippen LogP contribution in [-0.4, -0.2) is 32.7 Å². The molecule has 0 aliphatic heterocycles. The molecule has 3 aromatic rings. The molecule has 2 amide bonds. The minimum Gasteiger partial charge on any atom is -0.322 e. The fourth-order valence-corrected chi connectivity index (χ4v) is 3.64. The van der Waals surface area contributed by atoms with Crippen LogP contribution in [0.15, 0.2) is 53.4 Å². The average Bonchev–Trinajstić information content (AvgIpc) is 3.11. The van der Waals surface area contributed by atoms with Crippen LogP contribution in [0.3, 0.4) is 0 Å². The van der Waals surface area contributed by atoms with Crippen LogP contribution < -0.4 is 10.6 Å². The van der Waals surface area contributed by atoms with Crippen molar-refractivity contribution < 1.29 is 14.5 Å². The van der Waals surface area contributed by atoms with E-state index in [1.165, 1.54) is 47.4 Å².